The number of carbonyl (C=O) groups is 1. The first-order valence-electron chi connectivity index (χ1n) is 6.62. The number of anilines is 1. The standard InChI is InChI=1S/C14H17N3OS/c15-10-3-1-2-9(6-10)14(18)17-11-4-5-12-13(7-11)19-8-16-12/h4-5,7-10H,1-3,6,15H2,(H,17,18). The minimum Gasteiger partial charge on any atom is -0.328 e. The SMILES string of the molecule is NC1CCCC(C(=O)Nc2ccc3ncsc3c2)C1. The Labute approximate surface area is 116 Å². The second kappa shape index (κ2) is 5.27. The van der Waals surface area contributed by atoms with E-state index in [1.165, 1.54) is 0 Å². The fraction of sp³-hybridized carbons (Fsp3) is 0.429. The van der Waals surface area contributed by atoms with Gasteiger partial charge in [0.25, 0.3) is 0 Å². The Hall–Kier alpha value is -1.46. The van der Waals surface area contributed by atoms with E-state index < -0.39 is 0 Å². The van der Waals surface area contributed by atoms with Crippen molar-refractivity contribution in [2.45, 2.75) is 31.7 Å². The molecule has 0 radical (unpaired) electrons. The number of nitrogens with zero attached hydrogens (tertiary/aromatic N) is 1. The first kappa shape index (κ1) is 12.6. The van der Waals surface area contributed by atoms with Gasteiger partial charge in [0.2, 0.25) is 5.91 Å². The molecule has 0 bridgehead atoms. The van der Waals surface area contributed by atoms with Crippen LogP contribution in [0, 0.1) is 5.92 Å². The molecule has 19 heavy (non-hydrogen) atoms. The molecule has 1 saturated carbocycles. The van der Waals surface area contributed by atoms with Crippen molar-refractivity contribution in [2.24, 2.45) is 11.7 Å². The largest absolute Gasteiger partial charge is 0.328 e. The molecule has 2 unspecified atom stereocenters. The zero-order chi connectivity index (χ0) is 13.2. The average Bonchev–Trinajstić information content (AvgIpc) is 2.86. The highest BCUT2D eigenvalue weighted by atomic mass is 32.1. The fourth-order valence-electron chi connectivity index (χ4n) is 2.64. The van der Waals surface area contributed by atoms with Crippen molar-refractivity contribution in [1.82, 2.24) is 4.98 Å². The summed E-state index contributed by atoms with van der Waals surface area (Å²) in [6.45, 7) is 0. The average molecular weight is 275 g/mol. The number of aromatic nitrogens is 1. The van der Waals surface area contributed by atoms with Crippen molar-refractivity contribution >= 4 is 33.1 Å². The van der Waals surface area contributed by atoms with Crippen molar-refractivity contribution in [3.05, 3.63) is 23.7 Å². The van der Waals surface area contributed by atoms with Gasteiger partial charge in [0.1, 0.15) is 0 Å². The maximum Gasteiger partial charge on any atom is 0.227 e. The van der Waals surface area contributed by atoms with E-state index in [1.54, 1.807) is 11.3 Å². The highest BCUT2D eigenvalue weighted by Crippen LogP contribution is 2.26. The number of hydrogen-bond donors (Lipinski definition) is 2. The first-order chi connectivity index (χ1) is 9.22. The Bertz CT molecular complexity index is 595. The van der Waals surface area contributed by atoms with E-state index in [9.17, 15) is 4.79 Å². The molecule has 1 amide bonds. The van der Waals surface area contributed by atoms with Gasteiger partial charge >= 0.3 is 0 Å². The number of amides is 1. The molecule has 100 valence electrons. The second-order valence-electron chi connectivity index (χ2n) is 5.15. The van der Waals surface area contributed by atoms with E-state index in [4.69, 9.17) is 5.73 Å². The summed E-state index contributed by atoms with van der Waals surface area (Å²) in [6, 6.07) is 6.00. The maximum atomic E-state index is 12.2. The molecule has 2 atom stereocenters. The Morgan fingerprint density at radius 1 is 1.42 bits per heavy atom. The zero-order valence-corrected chi connectivity index (χ0v) is 11.5. The molecule has 0 aliphatic heterocycles. The lowest BCUT2D eigenvalue weighted by Gasteiger charge is -2.25. The monoisotopic (exact) mass is 275 g/mol. The molecule has 1 aliphatic rings. The molecular weight excluding hydrogens is 258 g/mol. The third-order valence-corrected chi connectivity index (χ3v) is 4.48. The summed E-state index contributed by atoms with van der Waals surface area (Å²) in [5.41, 5.74) is 9.57. The molecule has 1 aromatic heterocycles. The molecule has 1 aliphatic carbocycles. The van der Waals surface area contributed by atoms with Gasteiger partial charge in [0, 0.05) is 17.6 Å². The van der Waals surface area contributed by atoms with Crippen molar-refractivity contribution in [2.75, 3.05) is 5.32 Å². The summed E-state index contributed by atoms with van der Waals surface area (Å²) in [4.78, 5) is 16.4. The fourth-order valence-corrected chi connectivity index (χ4v) is 3.36. The minimum atomic E-state index is 0.0564. The van der Waals surface area contributed by atoms with E-state index >= 15 is 0 Å². The van der Waals surface area contributed by atoms with Crippen molar-refractivity contribution < 1.29 is 4.79 Å². The third kappa shape index (κ3) is 2.77. The highest BCUT2D eigenvalue weighted by molar-refractivity contribution is 7.16. The number of hydrogen-bond acceptors (Lipinski definition) is 4. The lowest BCUT2D eigenvalue weighted by atomic mass is 9.85. The zero-order valence-electron chi connectivity index (χ0n) is 10.6. The van der Waals surface area contributed by atoms with Gasteiger partial charge < -0.3 is 11.1 Å². The molecule has 4 nitrogen and oxygen atoms in total. The molecule has 3 N–H and O–H groups in total. The third-order valence-electron chi connectivity index (χ3n) is 3.68. The summed E-state index contributed by atoms with van der Waals surface area (Å²) in [7, 11) is 0. The predicted octanol–water partition coefficient (Wildman–Crippen LogP) is 2.75. The van der Waals surface area contributed by atoms with E-state index in [1.807, 2.05) is 23.7 Å². The van der Waals surface area contributed by atoms with Gasteiger partial charge in [-0.1, -0.05) is 6.42 Å². The smallest absolute Gasteiger partial charge is 0.227 e. The molecule has 1 aromatic carbocycles. The van der Waals surface area contributed by atoms with Crippen LogP contribution in [0.25, 0.3) is 10.2 Å². The number of carbonyl (C=O) groups excluding carboxylic acids is 1. The number of nitrogens with two attached hydrogens (primary N) is 1. The first-order valence-corrected chi connectivity index (χ1v) is 7.50. The minimum absolute atomic E-state index is 0.0564. The predicted molar refractivity (Wildman–Crippen MR) is 78.2 cm³/mol. The van der Waals surface area contributed by atoms with Gasteiger partial charge in [-0.3, -0.25) is 4.79 Å². The number of thiazole rings is 1. The Morgan fingerprint density at radius 3 is 3.16 bits per heavy atom. The quantitative estimate of drug-likeness (QED) is 0.885. The number of rotatable bonds is 2. The molecule has 5 heteroatoms. The summed E-state index contributed by atoms with van der Waals surface area (Å²) in [5.74, 6) is 0.153. The Balaban J connectivity index is 1.71. The van der Waals surface area contributed by atoms with Gasteiger partial charge in [-0.05, 0) is 37.5 Å². The number of benzene rings is 1. The van der Waals surface area contributed by atoms with Crippen molar-refractivity contribution in [3.63, 3.8) is 0 Å². The van der Waals surface area contributed by atoms with E-state index in [0.717, 1.165) is 41.6 Å². The summed E-state index contributed by atoms with van der Waals surface area (Å²) >= 11 is 1.58. The van der Waals surface area contributed by atoms with Crippen LogP contribution in [-0.2, 0) is 4.79 Å². The van der Waals surface area contributed by atoms with Gasteiger partial charge in [0.15, 0.2) is 0 Å². The van der Waals surface area contributed by atoms with Crippen LogP contribution in [0.3, 0.4) is 0 Å². The van der Waals surface area contributed by atoms with E-state index in [0.29, 0.717) is 0 Å². The second-order valence-corrected chi connectivity index (χ2v) is 6.03. The summed E-state index contributed by atoms with van der Waals surface area (Å²) in [5, 5.41) is 3.00. The summed E-state index contributed by atoms with van der Waals surface area (Å²) < 4.78 is 1.10. The van der Waals surface area contributed by atoms with Gasteiger partial charge in [0.05, 0.1) is 15.7 Å². The maximum absolute atomic E-state index is 12.2. The Kier molecular flexibility index (Phi) is 3.48. The topological polar surface area (TPSA) is 68.0 Å². The van der Waals surface area contributed by atoms with Crippen molar-refractivity contribution in [3.8, 4) is 0 Å². The van der Waals surface area contributed by atoms with E-state index in [2.05, 4.69) is 10.3 Å². The Morgan fingerprint density at radius 2 is 2.32 bits per heavy atom. The lowest BCUT2D eigenvalue weighted by Crippen LogP contribution is -2.34. The van der Waals surface area contributed by atoms with Crippen molar-refractivity contribution in [1.29, 1.82) is 0 Å². The molecule has 3 rings (SSSR count). The summed E-state index contributed by atoms with van der Waals surface area (Å²) in [6.07, 6.45) is 3.83. The molecule has 0 saturated heterocycles. The lowest BCUT2D eigenvalue weighted by molar-refractivity contribution is -0.120. The number of nitrogens with one attached hydrogen (secondary N) is 1. The number of fused-ring (bicyclic) bond motifs is 1. The highest BCUT2D eigenvalue weighted by Gasteiger charge is 2.25. The van der Waals surface area contributed by atoms with Gasteiger partial charge in [-0.15, -0.1) is 11.3 Å². The van der Waals surface area contributed by atoms with E-state index in [-0.39, 0.29) is 17.9 Å². The van der Waals surface area contributed by atoms with Crippen LogP contribution in [0.15, 0.2) is 23.7 Å². The molecule has 0 spiro atoms. The molecular formula is C14H17N3OS. The van der Waals surface area contributed by atoms with Crippen LogP contribution in [-0.4, -0.2) is 16.9 Å². The van der Waals surface area contributed by atoms with Crippen LogP contribution < -0.4 is 11.1 Å². The molecule has 1 heterocycles. The normalized spacial score (nSPS) is 23.4. The van der Waals surface area contributed by atoms with Crippen LogP contribution in [0.5, 0.6) is 0 Å². The van der Waals surface area contributed by atoms with Crippen LogP contribution >= 0.6 is 11.3 Å². The van der Waals surface area contributed by atoms with Crippen LogP contribution in [0.1, 0.15) is 25.7 Å². The van der Waals surface area contributed by atoms with Crippen LogP contribution in [0.4, 0.5) is 5.69 Å². The van der Waals surface area contributed by atoms with Gasteiger partial charge in [-0.25, -0.2) is 4.98 Å². The van der Waals surface area contributed by atoms with Crippen LogP contribution in [0.2, 0.25) is 0 Å². The van der Waals surface area contributed by atoms with Gasteiger partial charge in [-0.2, -0.15) is 0 Å². The molecule has 2 aromatic rings. The molecule has 1 fully saturated rings.